The van der Waals surface area contributed by atoms with Gasteiger partial charge in [0.05, 0.1) is 19.9 Å². The molecule has 0 aliphatic carbocycles. The van der Waals surface area contributed by atoms with Gasteiger partial charge >= 0.3 is 0 Å². The van der Waals surface area contributed by atoms with Crippen LogP contribution >= 0.6 is 39.5 Å². The fourth-order valence-corrected chi connectivity index (χ4v) is 3.98. The van der Waals surface area contributed by atoms with E-state index in [-0.39, 0.29) is 4.90 Å². The number of nitrogens with one attached hydrogen (secondary N) is 1. The third-order valence-electron chi connectivity index (χ3n) is 2.31. The molecule has 1 aromatic heterocycles. The summed E-state index contributed by atoms with van der Waals surface area (Å²) in [5.74, 6) is 0. The van der Waals surface area contributed by atoms with E-state index in [0.29, 0.717) is 16.5 Å². The summed E-state index contributed by atoms with van der Waals surface area (Å²) < 4.78 is 27.4. The van der Waals surface area contributed by atoms with Crippen molar-refractivity contribution in [3.8, 4) is 0 Å². The fraction of sp³-hybridized carbons (Fsp3) is 0.0909. The van der Waals surface area contributed by atoms with E-state index in [2.05, 4.69) is 25.6 Å². The van der Waals surface area contributed by atoms with Crippen molar-refractivity contribution in [1.82, 2.24) is 4.98 Å². The average molecular weight is 392 g/mol. The van der Waals surface area contributed by atoms with Crippen LogP contribution in [0.4, 0.5) is 5.13 Å². The number of halogens is 1. The number of benzene rings is 1. The number of thiazole rings is 1. The zero-order valence-electron chi connectivity index (χ0n) is 10.0. The quantitative estimate of drug-likeness (QED) is 0.764. The van der Waals surface area contributed by atoms with Crippen LogP contribution in [-0.2, 0) is 16.4 Å². The summed E-state index contributed by atoms with van der Waals surface area (Å²) >= 11 is 9.24. The van der Waals surface area contributed by atoms with E-state index in [1.54, 1.807) is 12.1 Å². The Labute approximate surface area is 134 Å². The third-order valence-corrected chi connectivity index (χ3v) is 5.33. The first kappa shape index (κ1) is 15.4. The number of rotatable bonds is 5. The highest BCUT2D eigenvalue weighted by Gasteiger charge is 2.15. The highest BCUT2D eigenvalue weighted by atomic mass is 79.9. The molecule has 0 saturated carbocycles. The minimum absolute atomic E-state index is 0.163. The molecule has 2 aromatic rings. The van der Waals surface area contributed by atoms with Gasteiger partial charge in [0.2, 0.25) is 0 Å². The van der Waals surface area contributed by atoms with E-state index < -0.39 is 10.0 Å². The first-order valence-corrected chi connectivity index (χ1v) is 8.88. The van der Waals surface area contributed by atoms with Gasteiger partial charge in [-0.25, -0.2) is 13.4 Å². The van der Waals surface area contributed by atoms with Gasteiger partial charge in [0.1, 0.15) is 0 Å². The second-order valence-electron chi connectivity index (χ2n) is 3.86. The predicted octanol–water partition coefficient (Wildman–Crippen LogP) is 2.54. The molecule has 0 atom stereocenters. The predicted molar refractivity (Wildman–Crippen MR) is 87.6 cm³/mol. The van der Waals surface area contributed by atoms with E-state index in [1.807, 2.05) is 0 Å². The van der Waals surface area contributed by atoms with E-state index in [1.165, 1.54) is 29.7 Å². The summed E-state index contributed by atoms with van der Waals surface area (Å²) in [5.41, 5.74) is 6.31. The lowest BCUT2D eigenvalue weighted by molar-refractivity contribution is 0.601. The number of aromatic nitrogens is 1. The van der Waals surface area contributed by atoms with Crippen molar-refractivity contribution < 1.29 is 8.42 Å². The largest absolute Gasteiger partial charge is 0.393 e. The lowest BCUT2D eigenvalue weighted by Gasteiger charge is -2.06. The number of hydrogen-bond acceptors (Lipinski definition) is 5. The highest BCUT2D eigenvalue weighted by Crippen LogP contribution is 2.25. The van der Waals surface area contributed by atoms with Crippen LogP contribution in [0.5, 0.6) is 0 Å². The van der Waals surface area contributed by atoms with E-state index >= 15 is 0 Å². The van der Waals surface area contributed by atoms with Gasteiger partial charge in [-0.15, -0.1) is 0 Å². The maximum absolute atomic E-state index is 12.1. The number of nitrogens with two attached hydrogens (primary N) is 1. The van der Waals surface area contributed by atoms with Gasteiger partial charge in [-0.1, -0.05) is 35.7 Å². The molecule has 3 N–H and O–H groups in total. The van der Waals surface area contributed by atoms with E-state index in [4.69, 9.17) is 18.0 Å². The number of anilines is 1. The molecule has 5 nitrogen and oxygen atoms in total. The van der Waals surface area contributed by atoms with Crippen LogP contribution in [0.2, 0.25) is 0 Å². The van der Waals surface area contributed by atoms with Crippen molar-refractivity contribution in [2.45, 2.75) is 11.3 Å². The molecule has 0 bridgehead atoms. The number of sulfonamides is 1. The SMILES string of the molecule is NC(=S)Cc1ccc(S(=O)(=O)Nc2ncc(Br)s2)cc1. The molecule has 0 aliphatic rings. The van der Waals surface area contributed by atoms with Crippen molar-refractivity contribution in [3.05, 3.63) is 39.8 Å². The smallest absolute Gasteiger partial charge is 0.263 e. The van der Waals surface area contributed by atoms with Gasteiger partial charge in [-0.2, -0.15) is 0 Å². The molecule has 106 valence electrons. The molecule has 0 spiro atoms. The minimum atomic E-state index is -3.63. The van der Waals surface area contributed by atoms with Gasteiger partial charge in [0.25, 0.3) is 10.0 Å². The molecule has 0 fully saturated rings. The second-order valence-corrected chi connectivity index (χ2v) is 8.48. The maximum Gasteiger partial charge on any atom is 0.263 e. The standard InChI is InChI=1S/C11H10BrN3O2S3/c12-9-6-14-11(19-9)15-20(16,17)8-3-1-7(2-4-8)5-10(13)18/h1-4,6H,5H2,(H2,13,18)(H,14,15). The molecule has 20 heavy (non-hydrogen) atoms. The van der Waals surface area contributed by atoms with Gasteiger partial charge in [0.15, 0.2) is 5.13 Å². The zero-order chi connectivity index (χ0) is 14.8. The van der Waals surface area contributed by atoms with E-state index in [0.717, 1.165) is 9.35 Å². The summed E-state index contributed by atoms with van der Waals surface area (Å²) in [6.45, 7) is 0. The summed E-state index contributed by atoms with van der Waals surface area (Å²) in [6.07, 6.45) is 1.98. The molecule has 9 heteroatoms. The van der Waals surface area contributed by atoms with Crippen molar-refractivity contribution in [3.63, 3.8) is 0 Å². The molecular weight excluding hydrogens is 382 g/mol. The third kappa shape index (κ3) is 3.98. The molecular formula is C11H10BrN3O2S3. The van der Waals surface area contributed by atoms with Crippen LogP contribution in [0.3, 0.4) is 0 Å². The van der Waals surface area contributed by atoms with Crippen molar-refractivity contribution in [1.29, 1.82) is 0 Å². The Morgan fingerprint density at radius 3 is 2.55 bits per heavy atom. The van der Waals surface area contributed by atoms with Gasteiger partial charge in [-0.3, -0.25) is 4.72 Å². The summed E-state index contributed by atoms with van der Waals surface area (Å²) in [6, 6.07) is 6.40. The summed E-state index contributed by atoms with van der Waals surface area (Å²) in [4.78, 5) is 4.46. The first-order valence-electron chi connectivity index (χ1n) is 5.38. The Morgan fingerprint density at radius 1 is 1.40 bits per heavy atom. The van der Waals surface area contributed by atoms with Crippen LogP contribution in [0.25, 0.3) is 0 Å². The fourth-order valence-electron chi connectivity index (χ4n) is 1.46. The van der Waals surface area contributed by atoms with Crippen LogP contribution < -0.4 is 10.5 Å². The molecule has 0 radical (unpaired) electrons. The van der Waals surface area contributed by atoms with Gasteiger partial charge < -0.3 is 5.73 Å². The van der Waals surface area contributed by atoms with E-state index in [9.17, 15) is 8.42 Å². The van der Waals surface area contributed by atoms with Gasteiger partial charge in [0, 0.05) is 6.42 Å². The summed E-state index contributed by atoms with van der Waals surface area (Å²) in [5, 5.41) is 0.309. The summed E-state index contributed by atoms with van der Waals surface area (Å²) in [7, 11) is -3.63. The van der Waals surface area contributed by atoms with Gasteiger partial charge in [-0.05, 0) is 33.6 Å². The lowest BCUT2D eigenvalue weighted by Crippen LogP contribution is -2.13. The molecule has 1 aromatic carbocycles. The maximum atomic E-state index is 12.1. The molecule has 1 heterocycles. The molecule has 2 rings (SSSR count). The molecule has 0 saturated heterocycles. The van der Waals surface area contributed by atoms with Crippen LogP contribution in [0.15, 0.2) is 39.1 Å². The normalized spacial score (nSPS) is 11.2. The zero-order valence-corrected chi connectivity index (χ0v) is 14.1. The first-order chi connectivity index (χ1) is 9.37. The average Bonchev–Trinajstić information content (AvgIpc) is 2.74. The van der Waals surface area contributed by atoms with Crippen molar-refractivity contribution in [2.75, 3.05) is 4.72 Å². The van der Waals surface area contributed by atoms with Crippen LogP contribution in [0.1, 0.15) is 5.56 Å². The van der Waals surface area contributed by atoms with Crippen LogP contribution in [-0.4, -0.2) is 18.4 Å². The monoisotopic (exact) mass is 391 g/mol. The topological polar surface area (TPSA) is 85.1 Å². The Hall–Kier alpha value is -1.03. The van der Waals surface area contributed by atoms with Crippen molar-refractivity contribution in [2.24, 2.45) is 5.73 Å². The lowest BCUT2D eigenvalue weighted by atomic mass is 10.1. The minimum Gasteiger partial charge on any atom is -0.393 e. The van der Waals surface area contributed by atoms with Crippen LogP contribution in [0, 0.1) is 0 Å². The number of hydrogen-bond donors (Lipinski definition) is 2. The molecule has 0 amide bonds. The Balaban J connectivity index is 2.19. The number of thiocarbonyl (C=S) groups is 1. The Morgan fingerprint density at radius 2 is 2.05 bits per heavy atom. The number of nitrogens with zero attached hydrogens (tertiary/aromatic N) is 1. The second kappa shape index (κ2) is 6.17. The molecule has 0 aliphatic heterocycles. The Kier molecular flexibility index (Phi) is 4.74. The molecule has 0 unspecified atom stereocenters. The Bertz CT molecular complexity index is 726. The van der Waals surface area contributed by atoms with Crippen molar-refractivity contribution >= 4 is 59.6 Å². The highest BCUT2D eigenvalue weighted by molar-refractivity contribution is 9.11.